The minimum absolute atomic E-state index is 0.288. The first-order valence-electron chi connectivity index (χ1n) is 8.54. The first-order chi connectivity index (χ1) is 13.1. The number of carbonyl (C=O) groups excluding carboxylic acids is 2. The standard InChI is InChI=1S/C20H25N3O5/c1-13(16(25)12-24)6-4-5-7-14-8-10-15(11-9-14)18(26)22-17(19(27)23-28)20(2,3)21/h8-11,13,16-17,24-25,28H,12,21H2,1-3H3,(H,22,26)(H,23,27)/t13?,16?,17-/m1/s1. The third kappa shape index (κ3) is 7.03. The number of nitrogens with one attached hydrogen (secondary N) is 2. The fourth-order valence-corrected chi connectivity index (χ4v) is 2.08. The van der Waals surface area contributed by atoms with Crippen molar-refractivity contribution in [3.63, 3.8) is 0 Å². The second kappa shape index (κ2) is 10.5. The number of aliphatic hydroxyl groups excluding tert-OH is 2. The van der Waals surface area contributed by atoms with E-state index in [1.54, 1.807) is 32.9 Å². The number of amides is 2. The molecule has 2 amide bonds. The highest BCUT2D eigenvalue weighted by atomic mass is 16.5. The molecule has 28 heavy (non-hydrogen) atoms. The monoisotopic (exact) mass is 387 g/mol. The van der Waals surface area contributed by atoms with Crippen LogP contribution in [0.5, 0.6) is 0 Å². The molecule has 0 saturated carbocycles. The molecule has 7 N–H and O–H groups in total. The van der Waals surface area contributed by atoms with E-state index in [9.17, 15) is 14.7 Å². The molecule has 1 rings (SSSR count). The van der Waals surface area contributed by atoms with Crippen LogP contribution in [0.4, 0.5) is 0 Å². The molecule has 3 atom stereocenters. The van der Waals surface area contributed by atoms with Gasteiger partial charge in [-0.25, -0.2) is 5.48 Å². The van der Waals surface area contributed by atoms with Crippen LogP contribution >= 0.6 is 0 Å². The van der Waals surface area contributed by atoms with E-state index in [-0.39, 0.29) is 12.2 Å². The summed E-state index contributed by atoms with van der Waals surface area (Å²) in [7, 11) is 0. The van der Waals surface area contributed by atoms with E-state index in [0.29, 0.717) is 5.56 Å². The van der Waals surface area contributed by atoms with Crippen LogP contribution in [0.1, 0.15) is 36.7 Å². The first kappa shape index (κ1) is 23.2. The predicted octanol–water partition coefficient (Wildman–Crippen LogP) is -0.628. The first-order valence-corrected chi connectivity index (χ1v) is 8.54. The zero-order chi connectivity index (χ0) is 21.3. The van der Waals surface area contributed by atoms with E-state index >= 15 is 0 Å². The molecule has 0 fully saturated rings. The summed E-state index contributed by atoms with van der Waals surface area (Å²) >= 11 is 0. The van der Waals surface area contributed by atoms with Gasteiger partial charge in [0.1, 0.15) is 6.04 Å². The van der Waals surface area contributed by atoms with Gasteiger partial charge in [0.15, 0.2) is 0 Å². The van der Waals surface area contributed by atoms with Crippen molar-refractivity contribution in [2.45, 2.75) is 38.5 Å². The zero-order valence-electron chi connectivity index (χ0n) is 16.0. The number of nitrogens with two attached hydrogens (primary N) is 1. The van der Waals surface area contributed by atoms with Crippen LogP contribution in [0.3, 0.4) is 0 Å². The Morgan fingerprint density at radius 2 is 1.82 bits per heavy atom. The Morgan fingerprint density at radius 3 is 2.32 bits per heavy atom. The number of hydroxylamine groups is 1. The van der Waals surface area contributed by atoms with Crippen molar-refractivity contribution < 1.29 is 25.0 Å². The molecular weight excluding hydrogens is 362 g/mol. The number of aliphatic hydroxyl groups is 2. The van der Waals surface area contributed by atoms with Crippen molar-refractivity contribution >= 4 is 11.8 Å². The summed E-state index contributed by atoms with van der Waals surface area (Å²) in [5, 5.41) is 29.5. The van der Waals surface area contributed by atoms with Crippen LogP contribution in [-0.2, 0) is 4.79 Å². The minimum Gasteiger partial charge on any atom is -0.394 e. The molecule has 2 unspecified atom stereocenters. The maximum Gasteiger partial charge on any atom is 0.267 e. The summed E-state index contributed by atoms with van der Waals surface area (Å²) in [6.07, 6.45) is -0.915. The molecule has 8 nitrogen and oxygen atoms in total. The summed E-state index contributed by atoms with van der Waals surface area (Å²) in [5.41, 5.74) is 7.18. The largest absolute Gasteiger partial charge is 0.394 e. The predicted molar refractivity (Wildman–Crippen MR) is 103 cm³/mol. The molecule has 150 valence electrons. The van der Waals surface area contributed by atoms with Gasteiger partial charge < -0.3 is 21.3 Å². The van der Waals surface area contributed by atoms with Crippen LogP contribution in [0.15, 0.2) is 24.3 Å². The smallest absolute Gasteiger partial charge is 0.267 e. The zero-order valence-corrected chi connectivity index (χ0v) is 16.0. The van der Waals surface area contributed by atoms with Gasteiger partial charge in [0.25, 0.3) is 11.8 Å². The van der Waals surface area contributed by atoms with E-state index in [2.05, 4.69) is 29.0 Å². The van der Waals surface area contributed by atoms with Crippen LogP contribution in [0, 0.1) is 29.6 Å². The highest BCUT2D eigenvalue weighted by Crippen LogP contribution is 2.09. The normalized spacial score (nSPS) is 13.7. The average Bonchev–Trinajstić information content (AvgIpc) is 2.67. The Bertz CT molecular complexity index is 807. The summed E-state index contributed by atoms with van der Waals surface area (Å²) in [6.45, 7) is 4.41. The molecular formula is C20H25N3O5. The molecule has 0 aliphatic rings. The maximum absolute atomic E-state index is 12.3. The van der Waals surface area contributed by atoms with E-state index in [1.165, 1.54) is 17.6 Å². The maximum atomic E-state index is 12.3. The van der Waals surface area contributed by atoms with Crippen molar-refractivity contribution in [2.24, 2.45) is 11.7 Å². The molecule has 1 aromatic rings. The SMILES string of the molecule is CC(C#CC#Cc1ccc(C(=O)N[C@H](C(=O)NO)C(C)(C)N)cc1)C(O)CO. The van der Waals surface area contributed by atoms with Gasteiger partial charge in [0.05, 0.1) is 12.7 Å². The second-order valence-electron chi connectivity index (χ2n) is 6.84. The van der Waals surface area contributed by atoms with E-state index in [0.717, 1.165) is 0 Å². The lowest BCUT2D eigenvalue weighted by Crippen LogP contribution is -2.61. The molecule has 0 radical (unpaired) electrons. The Hall–Kier alpha value is -2.88. The van der Waals surface area contributed by atoms with Crippen LogP contribution in [-0.4, -0.2) is 51.5 Å². The van der Waals surface area contributed by atoms with Crippen molar-refractivity contribution in [1.82, 2.24) is 10.8 Å². The average molecular weight is 387 g/mol. The molecule has 0 aliphatic heterocycles. The molecule has 0 aromatic heterocycles. The van der Waals surface area contributed by atoms with Crippen molar-refractivity contribution in [2.75, 3.05) is 6.61 Å². The number of hydrogen-bond acceptors (Lipinski definition) is 6. The molecule has 0 bridgehead atoms. The molecule has 8 heteroatoms. The molecule has 0 aliphatic carbocycles. The van der Waals surface area contributed by atoms with Crippen molar-refractivity contribution in [1.29, 1.82) is 0 Å². The lowest BCUT2D eigenvalue weighted by Gasteiger charge is -2.29. The quantitative estimate of drug-likeness (QED) is 0.218. The van der Waals surface area contributed by atoms with Gasteiger partial charge in [-0.1, -0.05) is 11.8 Å². The topological polar surface area (TPSA) is 145 Å². The molecule has 1 aromatic carbocycles. The number of rotatable bonds is 6. The summed E-state index contributed by atoms with van der Waals surface area (Å²) in [6, 6.07) is 5.16. The van der Waals surface area contributed by atoms with Crippen LogP contribution in [0.25, 0.3) is 0 Å². The third-order valence-electron chi connectivity index (χ3n) is 3.87. The number of benzene rings is 1. The fourth-order valence-electron chi connectivity index (χ4n) is 2.08. The lowest BCUT2D eigenvalue weighted by atomic mass is 9.95. The van der Waals surface area contributed by atoms with Gasteiger partial charge in [-0.2, -0.15) is 0 Å². The Kier molecular flexibility index (Phi) is 8.65. The van der Waals surface area contributed by atoms with Gasteiger partial charge in [-0.05, 0) is 56.9 Å². The fraction of sp³-hybridized carbons (Fsp3) is 0.400. The Labute approximate surface area is 164 Å². The second-order valence-corrected chi connectivity index (χ2v) is 6.84. The van der Waals surface area contributed by atoms with E-state index in [1.807, 2.05) is 0 Å². The number of hydrogen-bond donors (Lipinski definition) is 6. The number of carbonyl (C=O) groups is 2. The van der Waals surface area contributed by atoms with E-state index < -0.39 is 35.4 Å². The van der Waals surface area contributed by atoms with E-state index in [4.69, 9.17) is 16.0 Å². The van der Waals surface area contributed by atoms with Crippen molar-refractivity contribution in [3.05, 3.63) is 35.4 Å². The molecule has 0 heterocycles. The summed E-state index contributed by atoms with van der Waals surface area (Å²) in [5.74, 6) is 9.01. The van der Waals surface area contributed by atoms with Gasteiger partial charge >= 0.3 is 0 Å². The highest BCUT2D eigenvalue weighted by Gasteiger charge is 2.33. The van der Waals surface area contributed by atoms with Crippen LogP contribution < -0.4 is 16.5 Å². The molecule has 0 saturated heterocycles. The summed E-state index contributed by atoms with van der Waals surface area (Å²) in [4.78, 5) is 24.0. The van der Waals surface area contributed by atoms with Crippen LogP contribution in [0.2, 0.25) is 0 Å². The minimum atomic E-state index is -1.13. The van der Waals surface area contributed by atoms with Gasteiger partial charge in [-0.15, -0.1) is 0 Å². The van der Waals surface area contributed by atoms with Gasteiger partial charge in [-0.3, -0.25) is 14.8 Å². The Balaban J connectivity index is 2.83. The highest BCUT2D eigenvalue weighted by molar-refractivity contribution is 5.97. The van der Waals surface area contributed by atoms with Crippen molar-refractivity contribution in [3.8, 4) is 23.7 Å². The molecule has 0 spiro atoms. The lowest BCUT2D eigenvalue weighted by molar-refractivity contribution is -0.132. The van der Waals surface area contributed by atoms with Gasteiger partial charge in [0, 0.05) is 22.6 Å². The van der Waals surface area contributed by atoms with Gasteiger partial charge in [0.2, 0.25) is 0 Å². The Morgan fingerprint density at radius 1 is 1.21 bits per heavy atom. The third-order valence-corrected chi connectivity index (χ3v) is 3.87. The summed E-state index contributed by atoms with van der Waals surface area (Å²) < 4.78 is 0.